The molecule has 0 saturated carbocycles. The number of carbonyl (C=O) groups excluding carboxylic acids is 1. The third-order valence-electron chi connectivity index (χ3n) is 2.97. The van der Waals surface area contributed by atoms with E-state index in [0.29, 0.717) is 5.82 Å². The highest BCUT2D eigenvalue weighted by Crippen LogP contribution is 2.30. The fraction of sp³-hybridized carbons (Fsp3) is 0.385. The Morgan fingerprint density at radius 3 is 2.78 bits per heavy atom. The van der Waals surface area contributed by atoms with Crippen molar-refractivity contribution in [1.29, 1.82) is 0 Å². The van der Waals surface area contributed by atoms with Gasteiger partial charge in [-0.3, -0.25) is 4.79 Å². The van der Waals surface area contributed by atoms with Crippen LogP contribution in [0, 0.1) is 6.92 Å². The molecule has 0 fully saturated rings. The number of hydrogen-bond donors (Lipinski definition) is 1. The number of aromatic nitrogens is 2. The smallest absolute Gasteiger partial charge is 0.318 e. The number of hydrogen-bond acceptors (Lipinski definition) is 4. The molecule has 2 aromatic rings. The van der Waals surface area contributed by atoms with E-state index in [1.54, 1.807) is 31.4 Å². The standard InChI is InChI=1S/C13H16N2O2S/c1-8-5-6-18-10(8)9-7-14-11(15-9)13(2,3)12(16)17-4/h5-7H,1-4H3,(H,14,15). The maximum absolute atomic E-state index is 11.7. The number of nitrogens with zero attached hydrogens (tertiary/aromatic N) is 1. The van der Waals surface area contributed by atoms with Crippen LogP contribution in [0.1, 0.15) is 25.2 Å². The predicted molar refractivity (Wildman–Crippen MR) is 71.7 cm³/mol. The van der Waals surface area contributed by atoms with Crippen molar-refractivity contribution in [3.05, 3.63) is 29.0 Å². The molecule has 2 aromatic heterocycles. The van der Waals surface area contributed by atoms with Gasteiger partial charge in [-0.2, -0.15) is 0 Å². The van der Waals surface area contributed by atoms with Gasteiger partial charge in [-0.05, 0) is 37.8 Å². The Kier molecular flexibility index (Phi) is 3.26. The molecule has 0 atom stereocenters. The first-order valence-electron chi connectivity index (χ1n) is 5.65. The van der Waals surface area contributed by atoms with Gasteiger partial charge in [-0.15, -0.1) is 11.3 Å². The van der Waals surface area contributed by atoms with Gasteiger partial charge in [0, 0.05) is 0 Å². The third kappa shape index (κ3) is 2.06. The lowest BCUT2D eigenvalue weighted by molar-refractivity contribution is -0.146. The first-order valence-corrected chi connectivity index (χ1v) is 6.53. The van der Waals surface area contributed by atoms with Gasteiger partial charge in [0.15, 0.2) is 0 Å². The van der Waals surface area contributed by atoms with Gasteiger partial charge in [0.25, 0.3) is 0 Å². The van der Waals surface area contributed by atoms with Crippen molar-refractivity contribution in [3.63, 3.8) is 0 Å². The van der Waals surface area contributed by atoms with E-state index in [2.05, 4.69) is 23.0 Å². The highest BCUT2D eigenvalue weighted by molar-refractivity contribution is 7.13. The summed E-state index contributed by atoms with van der Waals surface area (Å²) in [6.45, 7) is 5.64. The quantitative estimate of drug-likeness (QED) is 0.867. The summed E-state index contributed by atoms with van der Waals surface area (Å²) in [6, 6.07) is 2.06. The Morgan fingerprint density at radius 1 is 1.50 bits per heavy atom. The highest BCUT2D eigenvalue weighted by atomic mass is 32.1. The van der Waals surface area contributed by atoms with E-state index in [-0.39, 0.29) is 5.97 Å². The molecule has 2 heterocycles. The van der Waals surface area contributed by atoms with Crippen LogP contribution < -0.4 is 0 Å². The number of esters is 1. The first kappa shape index (κ1) is 12.8. The summed E-state index contributed by atoms with van der Waals surface area (Å²) in [4.78, 5) is 20.4. The van der Waals surface area contributed by atoms with Crippen LogP contribution >= 0.6 is 11.3 Å². The molecule has 0 amide bonds. The van der Waals surface area contributed by atoms with Crippen LogP contribution in [0.15, 0.2) is 17.6 Å². The minimum Gasteiger partial charge on any atom is -0.468 e. The molecule has 0 radical (unpaired) electrons. The minimum atomic E-state index is -0.766. The number of imidazole rings is 1. The molecular formula is C13H16N2O2S. The second-order valence-corrected chi connectivity index (χ2v) is 5.61. The number of methoxy groups -OCH3 is 1. The number of aromatic amines is 1. The summed E-state index contributed by atoms with van der Waals surface area (Å²) in [5.74, 6) is 0.323. The molecule has 0 aliphatic rings. The van der Waals surface area contributed by atoms with E-state index in [0.717, 1.165) is 10.6 Å². The van der Waals surface area contributed by atoms with Gasteiger partial charge in [0.05, 0.1) is 23.9 Å². The first-order chi connectivity index (χ1) is 8.46. The summed E-state index contributed by atoms with van der Waals surface area (Å²) in [7, 11) is 1.39. The fourth-order valence-corrected chi connectivity index (χ4v) is 2.65. The second kappa shape index (κ2) is 4.57. The molecule has 0 bridgehead atoms. The zero-order valence-corrected chi connectivity index (χ0v) is 11.7. The molecule has 0 aliphatic carbocycles. The molecule has 0 aromatic carbocycles. The summed E-state index contributed by atoms with van der Waals surface area (Å²) >= 11 is 1.65. The number of H-pyrrole nitrogens is 1. The number of carbonyl (C=O) groups is 1. The van der Waals surface area contributed by atoms with Crippen LogP contribution in [0.5, 0.6) is 0 Å². The molecule has 96 valence electrons. The summed E-state index contributed by atoms with van der Waals surface area (Å²) < 4.78 is 4.80. The number of aryl methyl sites for hydroxylation is 1. The van der Waals surface area contributed by atoms with Gasteiger partial charge in [-0.25, -0.2) is 4.98 Å². The van der Waals surface area contributed by atoms with Crippen LogP contribution in [0.4, 0.5) is 0 Å². The molecule has 4 nitrogen and oxygen atoms in total. The minimum absolute atomic E-state index is 0.300. The third-order valence-corrected chi connectivity index (χ3v) is 4.02. The Bertz CT molecular complexity index is 569. The fourth-order valence-electron chi connectivity index (χ4n) is 1.75. The van der Waals surface area contributed by atoms with Crippen LogP contribution in [0.2, 0.25) is 0 Å². The molecule has 0 unspecified atom stereocenters. The lowest BCUT2D eigenvalue weighted by Crippen LogP contribution is -2.31. The van der Waals surface area contributed by atoms with Crippen molar-refractivity contribution in [2.24, 2.45) is 0 Å². The van der Waals surface area contributed by atoms with Crippen LogP contribution in [0.25, 0.3) is 10.6 Å². The molecular weight excluding hydrogens is 248 g/mol. The Hall–Kier alpha value is -1.62. The van der Waals surface area contributed by atoms with E-state index in [9.17, 15) is 4.79 Å². The topological polar surface area (TPSA) is 55.0 Å². The molecule has 0 saturated heterocycles. The number of nitrogens with one attached hydrogen (secondary N) is 1. The maximum atomic E-state index is 11.7. The van der Waals surface area contributed by atoms with Gasteiger partial charge >= 0.3 is 5.97 Å². The lowest BCUT2D eigenvalue weighted by Gasteiger charge is -2.18. The molecule has 18 heavy (non-hydrogen) atoms. The average Bonchev–Trinajstić information content (AvgIpc) is 2.95. The van der Waals surface area contributed by atoms with Crippen molar-refractivity contribution in [2.75, 3.05) is 7.11 Å². The summed E-state index contributed by atoms with van der Waals surface area (Å²) in [6.07, 6.45) is 1.76. The van der Waals surface area contributed by atoms with Crippen LogP contribution in [-0.2, 0) is 14.9 Å². The van der Waals surface area contributed by atoms with Crippen molar-refractivity contribution >= 4 is 17.3 Å². The van der Waals surface area contributed by atoms with E-state index in [1.165, 1.54) is 12.7 Å². The SMILES string of the molecule is COC(=O)C(C)(C)c1ncc(-c2sccc2C)[nH]1. The Morgan fingerprint density at radius 2 is 2.22 bits per heavy atom. The summed E-state index contributed by atoms with van der Waals surface area (Å²) in [5.41, 5.74) is 1.37. The predicted octanol–water partition coefficient (Wildman–Crippen LogP) is 2.90. The number of ether oxygens (including phenoxy) is 1. The zero-order chi connectivity index (χ0) is 13.3. The van der Waals surface area contributed by atoms with Gasteiger partial charge in [-0.1, -0.05) is 0 Å². The monoisotopic (exact) mass is 264 g/mol. The van der Waals surface area contributed by atoms with Crippen LogP contribution in [-0.4, -0.2) is 23.0 Å². The molecule has 0 spiro atoms. The van der Waals surface area contributed by atoms with Crippen LogP contribution in [0.3, 0.4) is 0 Å². The molecule has 0 aliphatic heterocycles. The zero-order valence-electron chi connectivity index (χ0n) is 10.9. The number of rotatable bonds is 3. The second-order valence-electron chi connectivity index (χ2n) is 4.69. The van der Waals surface area contributed by atoms with E-state index < -0.39 is 5.41 Å². The Labute approximate surface area is 110 Å². The largest absolute Gasteiger partial charge is 0.468 e. The van der Waals surface area contributed by atoms with E-state index in [1.807, 2.05) is 5.38 Å². The van der Waals surface area contributed by atoms with Gasteiger partial charge in [0.2, 0.25) is 0 Å². The van der Waals surface area contributed by atoms with Gasteiger partial charge in [0.1, 0.15) is 11.2 Å². The normalized spacial score (nSPS) is 11.6. The highest BCUT2D eigenvalue weighted by Gasteiger charge is 2.34. The van der Waals surface area contributed by atoms with Crippen molar-refractivity contribution in [2.45, 2.75) is 26.2 Å². The lowest BCUT2D eigenvalue weighted by atomic mass is 9.93. The molecule has 1 N–H and O–H groups in total. The van der Waals surface area contributed by atoms with E-state index in [4.69, 9.17) is 4.74 Å². The van der Waals surface area contributed by atoms with E-state index >= 15 is 0 Å². The maximum Gasteiger partial charge on any atom is 0.318 e. The van der Waals surface area contributed by atoms with Crippen molar-refractivity contribution in [1.82, 2.24) is 9.97 Å². The number of thiophene rings is 1. The van der Waals surface area contributed by atoms with Gasteiger partial charge < -0.3 is 9.72 Å². The summed E-state index contributed by atoms with van der Waals surface area (Å²) in [5, 5.41) is 2.04. The average molecular weight is 264 g/mol. The molecule has 2 rings (SSSR count). The Balaban J connectivity index is 2.37. The van der Waals surface area contributed by atoms with Crippen molar-refractivity contribution in [3.8, 4) is 10.6 Å². The molecule has 5 heteroatoms. The van der Waals surface area contributed by atoms with Crippen molar-refractivity contribution < 1.29 is 9.53 Å².